The summed E-state index contributed by atoms with van der Waals surface area (Å²) in [5, 5.41) is 2.41. The monoisotopic (exact) mass is 354 g/mol. The van der Waals surface area contributed by atoms with E-state index in [1.54, 1.807) is 37.8 Å². The lowest BCUT2D eigenvalue weighted by Gasteiger charge is -2.25. The number of thioether (sulfide) groups is 1. The van der Waals surface area contributed by atoms with Crippen LogP contribution in [0.15, 0.2) is 18.2 Å². The molecule has 1 aromatic carbocycles. The first-order chi connectivity index (χ1) is 11.6. The maximum Gasteiger partial charge on any atom is 0.325 e. The van der Waals surface area contributed by atoms with Gasteiger partial charge in [-0.1, -0.05) is 0 Å². The fraction of sp³-hybridized carbons (Fsp3) is 0.500. The van der Waals surface area contributed by atoms with Gasteiger partial charge in [0.25, 0.3) is 0 Å². The topological polar surface area (TPSA) is 77.1 Å². The summed E-state index contributed by atoms with van der Waals surface area (Å²) >= 11 is 1.64. The van der Waals surface area contributed by atoms with Gasteiger partial charge in [0, 0.05) is 17.9 Å². The second kappa shape index (κ2) is 8.68. The summed E-state index contributed by atoms with van der Waals surface area (Å²) in [5.41, 5.74) is 0.866. The number of nitrogens with one attached hydrogen (secondary N) is 1. The number of rotatable bonds is 6. The number of nitrogens with zero attached hydrogens (tertiary/aromatic N) is 1. The molecule has 24 heavy (non-hydrogen) atoms. The summed E-state index contributed by atoms with van der Waals surface area (Å²) in [6.07, 6.45) is 0. The fourth-order valence-corrected chi connectivity index (χ4v) is 3.70. The van der Waals surface area contributed by atoms with Crippen molar-refractivity contribution >= 4 is 23.8 Å². The number of ether oxygens (including phenoxy) is 3. The van der Waals surface area contributed by atoms with E-state index in [0.29, 0.717) is 18.0 Å². The Bertz CT molecular complexity index is 596. The fourth-order valence-electron chi connectivity index (χ4n) is 2.43. The largest absolute Gasteiger partial charge is 0.497 e. The summed E-state index contributed by atoms with van der Waals surface area (Å²) in [6.45, 7) is 2.46. The molecule has 2 amide bonds. The van der Waals surface area contributed by atoms with Crippen LogP contribution in [0.1, 0.15) is 17.9 Å². The first-order valence-corrected chi connectivity index (χ1v) is 8.69. The van der Waals surface area contributed by atoms with Crippen LogP contribution in [0.5, 0.6) is 11.5 Å². The summed E-state index contributed by atoms with van der Waals surface area (Å²) in [6, 6.07) is 5.20. The molecule has 0 aromatic heterocycles. The van der Waals surface area contributed by atoms with Crippen molar-refractivity contribution in [1.29, 1.82) is 0 Å². The molecule has 0 aliphatic carbocycles. The van der Waals surface area contributed by atoms with Crippen molar-refractivity contribution < 1.29 is 23.8 Å². The second-order valence-corrected chi connectivity index (χ2v) is 6.18. The normalized spacial score (nSPS) is 16.6. The maximum atomic E-state index is 12.4. The Morgan fingerprint density at radius 1 is 1.33 bits per heavy atom. The molecule has 1 heterocycles. The van der Waals surface area contributed by atoms with Crippen molar-refractivity contribution in [2.75, 3.05) is 39.7 Å². The van der Waals surface area contributed by atoms with E-state index >= 15 is 0 Å². The number of carbonyl (C=O) groups is 2. The molecule has 1 aromatic rings. The smallest absolute Gasteiger partial charge is 0.325 e. The van der Waals surface area contributed by atoms with Gasteiger partial charge in [0.05, 0.1) is 20.8 Å². The van der Waals surface area contributed by atoms with Crippen molar-refractivity contribution in [2.45, 2.75) is 12.3 Å². The molecular weight excluding hydrogens is 332 g/mol. The van der Waals surface area contributed by atoms with Crippen LogP contribution in [-0.2, 0) is 9.53 Å². The number of urea groups is 1. The minimum Gasteiger partial charge on any atom is -0.497 e. The lowest BCUT2D eigenvalue weighted by molar-refractivity contribution is -0.141. The maximum absolute atomic E-state index is 12.4. The second-order valence-electron chi connectivity index (χ2n) is 4.99. The van der Waals surface area contributed by atoms with Crippen LogP contribution in [0.3, 0.4) is 0 Å². The van der Waals surface area contributed by atoms with Gasteiger partial charge >= 0.3 is 12.0 Å². The quantitative estimate of drug-likeness (QED) is 0.788. The third-order valence-electron chi connectivity index (χ3n) is 3.54. The van der Waals surface area contributed by atoms with E-state index in [9.17, 15) is 9.59 Å². The van der Waals surface area contributed by atoms with Gasteiger partial charge in [-0.05, 0) is 25.1 Å². The molecule has 1 aliphatic heterocycles. The minimum absolute atomic E-state index is 0.143. The van der Waals surface area contributed by atoms with Gasteiger partial charge in [0.15, 0.2) is 0 Å². The number of methoxy groups -OCH3 is 2. The van der Waals surface area contributed by atoms with E-state index in [0.717, 1.165) is 11.3 Å². The number of esters is 1. The average Bonchev–Trinajstić information content (AvgIpc) is 3.09. The molecule has 132 valence electrons. The predicted octanol–water partition coefficient (Wildman–Crippen LogP) is 2.02. The van der Waals surface area contributed by atoms with Crippen LogP contribution < -0.4 is 14.8 Å². The zero-order valence-corrected chi connectivity index (χ0v) is 14.9. The molecule has 1 fully saturated rings. The van der Waals surface area contributed by atoms with Gasteiger partial charge < -0.3 is 24.4 Å². The molecule has 0 saturated carbocycles. The minimum atomic E-state index is -0.451. The zero-order chi connectivity index (χ0) is 17.5. The van der Waals surface area contributed by atoms with Crippen molar-refractivity contribution in [3.63, 3.8) is 0 Å². The molecule has 0 radical (unpaired) electrons. The van der Waals surface area contributed by atoms with E-state index in [1.807, 2.05) is 18.2 Å². The van der Waals surface area contributed by atoms with Gasteiger partial charge in [-0.15, -0.1) is 11.8 Å². The highest BCUT2D eigenvalue weighted by atomic mass is 32.2. The van der Waals surface area contributed by atoms with Crippen molar-refractivity contribution in [3.8, 4) is 11.5 Å². The number of amides is 2. The summed E-state index contributed by atoms with van der Waals surface area (Å²) in [4.78, 5) is 25.5. The Morgan fingerprint density at radius 3 is 2.79 bits per heavy atom. The van der Waals surface area contributed by atoms with Gasteiger partial charge in [0.2, 0.25) is 0 Å². The Balaban J connectivity index is 2.12. The molecule has 2 rings (SSSR count). The van der Waals surface area contributed by atoms with Crippen LogP contribution in [0.2, 0.25) is 0 Å². The third kappa shape index (κ3) is 4.25. The Hall–Kier alpha value is -2.09. The first-order valence-electron chi connectivity index (χ1n) is 7.64. The van der Waals surface area contributed by atoms with Gasteiger partial charge in [-0.25, -0.2) is 4.79 Å². The molecule has 7 nitrogen and oxygen atoms in total. The Kier molecular flexibility index (Phi) is 6.60. The molecule has 1 aliphatic rings. The van der Waals surface area contributed by atoms with E-state index in [1.165, 1.54) is 0 Å². The van der Waals surface area contributed by atoms with E-state index < -0.39 is 5.97 Å². The average molecular weight is 354 g/mol. The molecule has 1 N–H and O–H groups in total. The molecule has 0 spiro atoms. The molecule has 1 saturated heterocycles. The highest BCUT2D eigenvalue weighted by Crippen LogP contribution is 2.43. The Morgan fingerprint density at radius 2 is 2.12 bits per heavy atom. The third-order valence-corrected chi connectivity index (χ3v) is 4.79. The number of hydrogen-bond acceptors (Lipinski definition) is 6. The standard InChI is InChI=1S/C16H22N2O5S/c1-4-23-14(19)10-17-16(20)18-7-8-24-15(18)12-9-11(21-2)5-6-13(12)22-3/h5-6,9,15H,4,7-8,10H2,1-3H3,(H,17,20)/t15-/m1/s1. The van der Waals surface area contributed by atoms with Crippen LogP contribution in [0, 0.1) is 0 Å². The summed E-state index contributed by atoms with van der Waals surface area (Å²) in [5.74, 6) is 1.74. The summed E-state index contributed by atoms with van der Waals surface area (Å²) in [7, 11) is 3.19. The summed E-state index contributed by atoms with van der Waals surface area (Å²) < 4.78 is 15.5. The lowest BCUT2D eigenvalue weighted by Crippen LogP contribution is -2.42. The van der Waals surface area contributed by atoms with Gasteiger partial charge in [0.1, 0.15) is 23.4 Å². The van der Waals surface area contributed by atoms with Crippen LogP contribution in [-0.4, -0.2) is 56.6 Å². The Labute approximate surface area is 145 Å². The SMILES string of the molecule is CCOC(=O)CNC(=O)N1CCS[C@@H]1c1cc(OC)ccc1OC. The predicted molar refractivity (Wildman–Crippen MR) is 91.5 cm³/mol. The number of carbonyl (C=O) groups excluding carboxylic acids is 2. The van der Waals surface area contributed by atoms with Crippen LogP contribution in [0.25, 0.3) is 0 Å². The van der Waals surface area contributed by atoms with E-state index in [4.69, 9.17) is 14.2 Å². The zero-order valence-electron chi connectivity index (χ0n) is 14.0. The van der Waals surface area contributed by atoms with E-state index in [2.05, 4.69) is 5.32 Å². The highest BCUT2D eigenvalue weighted by molar-refractivity contribution is 7.99. The van der Waals surface area contributed by atoms with Crippen molar-refractivity contribution in [1.82, 2.24) is 10.2 Å². The van der Waals surface area contributed by atoms with Gasteiger partial charge in [-0.2, -0.15) is 0 Å². The highest BCUT2D eigenvalue weighted by Gasteiger charge is 2.33. The molecule has 0 bridgehead atoms. The number of benzene rings is 1. The van der Waals surface area contributed by atoms with Crippen LogP contribution >= 0.6 is 11.8 Å². The van der Waals surface area contributed by atoms with Crippen molar-refractivity contribution in [3.05, 3.63) is 23.8 Å². The molecule has 8 heteroatoms. The first kappa shape index (κ1) is 18.3. The lowest BCUT2D eigenvalue weighted by atomic mass is 10.1. The van der Waals surface area contributed by atoms with E-state index in [-0.39, 0.29) is 24.6 Å². The molecular formula is C16H22N2O5S. The molecule has 1 atom stereocenters. The molecule has 0 unspecified atom stereocenters. The van der Waals surface area contributed by atoms with Gasteiger partial charge in [-0.3, -0.25) is 4.79 Å². The number of hydrogen-bond donors (Lipinski definition) is 1. The van der Waals surface area contributed by atoms with Crippen LogP contribution in [0.4, 0.5) is 4.79 Å². The van der Waals surface area contributed by atoms with Crippen molar-refractivity contribution in [2.24, 2.45) is 0 Å².